The zero-order chi connectivity index (χ0) is 19.5. The Bertz CT molecular complexity index is 832. The van der Waals surface area contributed by atoms with Crippen LogP contribution in [0.3, 0.4) is 0 Å². The summed E-state index contributed by atoms with van der Waals surface area (Å²) in [6.45, 7) is 6.49. The third-order valence-corrected chi connectivity index (χ3v) is 5.99. The van der Waals surface area contributed by atoms with Crippen molar-refractivity contribution in [1.82, 2.24) is 9.80 Å². The molecule has 0 saturated carbocycles. The Kier molecular flexibility index (Phi) is 5.74. The van der Waals surface area contributed by atoms with Gasteiger partial charge < -0.3 is 14.5 Å². The van der Waals surface area contributed by atoms with Gasteiger partial charge in [-0.05, 0) is 48.4 Å². The second kappa shape index (κ2) is 8.41. The number of anilines is 1. The number of amides is 1. The molecular weight excluding hydrogens is 374 g/mol. The number of ether oxygens (including phenoxy) is 1. The Morgan fingerprint density at radius 1 is 0.964 bits per heavy atom. The number of hydrogen-bond acceptors (Lipinski definition) is 4. The Morgan fingerprint density at radius 2 is 1.71 bits per heavy atom. The zero-order valence-electron chi connectivity index (χ0n) is 16.2. The van der Waals surface area contributed by atoms with Crippen molar-refractivity contribution in [3.8, 4) is 5.75 Å². The molecule has 2 aliphatic heterocycles. The van der Waals surface area contributed by atoms with Crippen molar-refractivity contribution in [2.24, 2.45) is 0 Å². The average Bonchev–Trinajstić information content (AvgIpc) is 2.74. The molecule has 2 aliphatic rings. The lowest BCUT2D eigenvalue weighted by Crippen LogP contribution is -2.49. The van der Waals surface area contributed by atoms with E-state index in [9.17, 15) is 4.79 Å². The third-order valence-electron chi connectivity index (χ3n) is 5.74. The quantitative estimate of drug-likeness (QED) is 0.773. The van der Waals surface area contributed by atoms with Crippen LogP contribution < -0.4 is 9.64 Å². The molecule has 1 saturated heterocycles. The van der Waals surface area contributed by atoms with Crippen LogP contribution in [0.4, 0.5) is 5.69 Å². The number of hydrogen-bond donors (Lipinski definition) is 0. The molecule has 28 heavy (non-hydrogen) atoms. The zero-order valence-corrected chi connectivity index (χ0v) is 17.0. The molecule has 2 heterocycles. The Labute approximate surface area is 171 Å². The van der Waals surface area contributed by atoms with Gasteiger partial charge >= 0.3 is 0 Å². The summed E-state index contributed by atoms with van der Waals surface area (Å²) >= 11 is 5.98. The van der Waals surface area contributed by atoms with Crippen molar-refractivity contribution in [1.29, 1.82) is 0 Å². The van der Waals surface area contributed by atoms with E-state index < -0.39 is 0 Å². The van der Waals surface area contributed by atoms with Gasteiger partial charge in [-0.1, -0.05) is 17.7 Å². The van der Waals surface area contributed by atoms with Gasteiger partial charge in [0.05, 0.1) is 7.11 Å². The molecule has 148 valence electrons. The molecule has 0 N–H and O–H groups in total. The first-order chi connectivity index (χ1) is 13.6. The second-order valence-electron chi connectivity index (χ2n) is 7.37. The highest BCUT2D eigenvalue weighted by Crippen LogP contribution is 2.24. The van der Waals surface area contributed by atoms with Gasteiger partial charge in [0.2, 0.25) is 0 Å². The lowest BCUT2D eigenvalue weighted by Gasteiger charge is -2.37. The molecule has 6 heteroatoms. The maximum absolute atomic E-state index is 12.9. The van der Waals surface area contributed by atoms with Crippen LogP contribution in [-0.4, -0.2) is 68.6 Å². The molecular formula is C22H26ClN3O2. The highest BCUT2D eigenvalue weighted by atomic mass is 35.5. The van der Waals surface area contributed by atoms with E-state index in [2.05, 4.69) is 21.9 Å². The monoisotopic (exact) mass is 399 g/mol. The minimum atomic E-state index is 0.125. The summed E-state index contributed by atoms with van der Waals surface area (Å²) in [5, 5.41) is 0.771. The summed E-state index contributed by atoms with van der Waals surface area (Å²) in [5.74, 6) is 0.868. The first kappa shape index (κ1) is 19.1. The number of halogens is 1. The molecule has 2 aromatic carbocycles. The molecule has 2 aromatic rings. The minimum Gasteiger partial charge on any atom is -0.497 e. The van der Waals surface area contributed by atoms with Crippen molar-refractivity contribution < 1.29 is 9.53 Å². The van der Waals surface area contributed by atoms with Gasteiger partial charge in [-0.25, -0.2) is 0 Å². The van der Waals surface area contributed by atoms with Crippen LogP contribution in [0.25, 0.3) is 0 Å². The SMILES string of the molecule is COc1ccc2c(c1)C(=O)N(CCN1CCN(c3ccc(Cl)cc3)CC1)CC2. The van der Waals surface area contributed by atoms with Gasteiger partial charge in [0.25, 0.3) is 5.91 Å². The molecule has 4 rings (SSSR count). The van der Waals surface area contributed by atoms with E-state index in [1.54, 1.807) is 7.11 Å². The largest absolute Gasteiger partial charge is 0.497 e. The van der Waals surface area contributed by atoms with Gasteiger partial charge in [-0.3, -0.25) is 9.69 Å². The maximum atomic E-state index is 12.9. The summed E-state index contributed by atoms with van der Waals surface area (Å²) in [7, 11) is 1.64. The van der Waals surface area contributed by atoms with Gasteiger partial charge in [0.1, 0.15) is 5.75 Å². The van der Waals surface area contributed by atoms with Crippen molar-refractivity contribution in [3.63, 3.8) is 0 Å². The number of fused-ring (bicyclic) bond motifs is 1. The fourth-order valence-corrected chi connectivity index (χ4v) is 4.11. The lowest BCUT2D eigenvalue weighted by molar-refractivity contribution is 0.0716. The summed E-state index contributed by atoms with van der Waals surface area (Å²) < 4.78 is 5.28. The number of carbonyl (C=O) groups excluding carboxylic acids is 1. The van der Waals surface area contributed by atoms with E-state index in [4.69, 9.17) is 16.3 Å². The van der Waals surface area contributed by atoms with E-state index >= 15 is 0 Å². The van der Waals surface area contributed by atoms with Crippen LogP contribution in [0.15, 0.2) is 42.5 Å². The van der Waals surface area contributed by atoms with Crippen LogP contribution in [-0.2, 0) is 6.42 Å². The standard InChI is InChI=1S/C22H26ClN3O2/c1-28-20-7-2-17-8-9-26(22(27)21(17)16-20)15-12-24-10-13-25(14-11-24)19-5-3-18(23)4-6-19/h2-7,16H,8-15H2,1H3. The normalized spacial score (nSPS) is 17.6. The van der Waals surface area contributed by atoms with E-state index in [1.807, 2.05) is 35.2 Å². The number of rotatable bonds is 5. The van der Waals surface area contributed by atoms with E-state index in [0.29, 0.717) is 0 Å². The van der Waals surface area contributed by atoms with Crippen LogP contribution in [0, 0.1) is 0 Å². The molecule has 0 atom stereocenters. The van der Waals surface area contributed by atoms with Crippen LogP contribution in [0.5, 0.6) is 5.75 Å². The number of piperazine rings is 1. The first-order valence-corrected chi connectivity index (χ1v) is 10.2. The predicted octanol–water partition coefficient (Wildman–Crippen LogP) is 3.17. The van der Waals surface area contributed by atoms with Crippen molar-refractivity contribution >= 4 is 23.2 Å². The van der Waals surface area contributed by atoms with Gasteiger partial charge in [-0.2, -0.15) is 0 Å². The highest BCUT2D eigenvalue weighted by molar-refractivity contribution is 6.30. The van der Waals surface area contributed by atoms with Crippen molar-refractivity contribution in [2.75, 3.05) is 57.8 Å². The number of methoxy groups -OCH3 is 1. The summed E-state index contributed by atoms with van der Waals surface area (Å²) in [4.78, 5) is 19.7. The van der Waals surface area contributed by atoms with E-state index in [0.717, 1.165) is 74.1 Å². The molecule has 0 aromatic heterocycles. The molecule has 1 fully saturated rings. The van der Waals surface area contributed by atoms with Gasteiger partial charge in [0, 0.05) is 62.1 Å². The summed E-state index contributed by atoms with van der Waals surface area (Å²) in [6, 6.07) is 13.9. The first-order valence-electron chi connectivity index (χ1n) is 9.83. The smallest absolute Gasteiger partial charge is 0.254 e. The van der Waals surface area contributed by atoms with Crippen LogP contribution >= 0.6 is 11.6 Å². The fourth-order valence-electron chi connectivity index (χ4n) is 3.98. The van der Waals surface area contributed by atoms with E-state index in [1.165, 1.54) is 5.69 Å². The third kappa shape index (κ3) is 4.10. The molecule has 0 radical (unpaired) electrons. The fraction of sp³-hybridized carbons (Fsp3) is 0.409. The van der Waals surface area contributed by atoms with E-state index in [-0.39, 0.29) is 5.91 Å². The van der Waals surface area contributed by atoms with Crippen molar-refractivity contribution in [3.05, 3.63) is 58.6 Å². The Balaban J connectivity index is 1.29. The molecule has 0 aliphatic carbocycles. The van der Waals surface area contributed by atoms with Crippen LogP contribution in [0.1, 0.15) is 15.9 Å². The molecule has 0 bridgehead atoms. The molecule has 0 spiro atoms. The molecule has 0 unspecified atom stereocenters. The Hall–Kier alpha value is -2.24. The molecule has 5 nitrogen and oxygen atoms in total. The summed E-state index contributed by atoms with van der Waals surface area (Å²) in [6.07, 6.45) is 0.912. The topological polar surface area (TPSA) is 36.0 Å². The van der Waals surface area contributed by atoms with Crippen LogP contribution in [0.2, 0.25) is 5.02 Å². The number of nitrogens with zero attached hydrogens (tertiary/aromatic N) is 3. The number of carbonyl (C=O) groups is 1. The minimum absolute atomic E-state index is 0.125. The summed E-state index contributed by atoms with van der Waals surface area (Å²) in [5.41, 5.74) is 3.14. The van der Waals surface area contributed by atoms with Crippen molar-refractivity contribution in [2.45, 2.75) is 6.42 Å². The van der Waals surface area contributed by atoms with Gasteiger partial charge in [-0.15, -0.1) is 0 Å². The number of benzene rings is 2. The average molecular weight is 400 g/mol. The second-order valence-corrected chi connectivity index (χ2v) is 7.81. The highest BCUT2D eigenvalue weighted by Gasteiger charge is 2.25. The Morgan fingerprint density at radius 3 is 2.43 bits per heavy atom. The molecule has 1 amide bonds. The maximum Gasteiger partial charge on any atom is 0.254 e. The van der Waals surface area contributed by atoms with Gasteiger partial charge in [0.15, 0.2) is 0 Å². The predicted molar refractivity (Wildman–Crippen MR) is 113 cm³/mol. The lowest BCUT2D eigenvalue weighted by atomic mass is 9.98.